The molecule has 9 heteroatoms. The van der Waals surface area contributed by atoms with Crippen LogP contribution in [-0.2, 0) is 15.7 Å². The Morgan fingerprint density at radius 1 is 1.12 bits per heavy atom. The number of esters is 1. The zero-order chi connectivity index (χ0) is 19.5. The molecule has 0 spiro atoms. The lowest BCUT2D eigenvalue weighted by molar-refractivity contribution is -0.137. The fourth-order valence-electron chi connectivity index (χ4n) is 1.90. The van der Waals surface area contributed by atoms with E-state index in [0.717, 1.165) is 36.4 Å². The zero-order valence-electron chi connectivity index (χ0n) is 13.2. The second kappa shape index (κ2) is 7.74. The molecule has 0 bridgehead atoms. The van der Waals surface area contributed by atoms with Crippen molar-refractivity contribution in [3.63, 3.8) is 0 Å². The molecule has 2 rings (SSSR count). The van der Waals surface area contributed by atoms with Crippen molar-refractivity contribution in [3.05, 3.63) is 64.4 Å². The summed E-state index contributed by atoms with van der Waals surface area (Å²) in [4.78, 5) is 23.9. The molecule has 2 aromatic rings. The van der Waals surface area contributed by atoms with Crippen molar-refractivity contribution < 1.29 is 31.9 Å². The largest absolute Gasteiger partial charge is 0.449 e. The summed E-state index contributed by atoms with van der Waals surface area (Å²) in [6.07, 6.45) is -5.78. The number of nitrogens with one attached hydrogen (secondary N) is 1. The first kappa shape index (κ1) is 19.7. The van der Waals surface area contributed by atoms with Gasteiger partial charge >= 0.3 is 12.1 Å². The van der Waals surface area contributed by atoms with Crippen LogP contribution in [0.5, 0.6) is 0 Å². The van der Waals surface area contributed by atoms with Crippen molar-refractivity contribution in [2.24, 2.45) is 0 Å². The standard InChI is InChI=1S/C17H12ClF4NO3/c1-9(15(24)23-14-7-6-12(19)8-13(14)18)26-16(25)10-2-4-11(5-3-10)17(20,21)22/h2-9H,1H3,(H,23,24)/t9-/m0/s1. The molecule has 0 aliphatic heterocycles. The highest BCUT2D eigenvalue weighted by Gasteiger charge is 2.30. The molecule has 1 atom stereocenters. The summed E-state index contributed by atoms with van der Waals surface area (Å²) in [6, 6.07) is 6.69. The fraction of sp³-hybridized carbons (Fsp3) is 0.176. The van der Waals surface area contributed by atoms with Gasteiger partial charge in [0.05, 0.1) is 21.8 Å². The number of hydrogen-bond donors (Lipinski definition) is 1. The van der Waals surface area contributed by atoms with Gasteiger partial charge in [-0.2, -0.15) is 13.2 Å². The Labute approximate surface area is 150 Å². The summed E-state index contributed by atoms with van der Waals surface area (Å²) < 4.78 is 55.4. The molecule has 0 heterocycles. The van der Waals surface area contributed by atoms with E-state index >= 15 is 0 Å². The van der Waals surface area contributed by atoms with Crippen LogP contribution in [0, 0.1) is 5.82 Å². The van der Waals surface area contributed by atoms with Crippen LogP contribution in [0.15, 0.2) is 42.5 Å². The summed E-state index contributed by atoms with van der Waals surface area (Å²) in [7, 11) is 0. The van der Waals surface area contributed by atoms with Gasteiger partial charge in [-0.15, -0.1) is 0 Å². The lowest BCUT2D eigenvalue weighted by Crippen LogP contribution is -2.30. The van der Waals surface area contributed by atoms with E-state index in [0.29, 0.717) is 0 Å². The van der Waals surface area contributed by atoms with E-state index in [1.807, 2.05) is 0 Å². The van der Waals surface area contributed by atoms with Gasteiger partial charge in [-0.25, -0.2) is 9.18 Å². The summed E-state index contributed by atoms with van der Waals surface area (Å²) in [5.74, 6) is -2.29. The number of halogens is 5. The maximum absolute atomic E-state index is 13.0. The van der Waals surface area contributed by atoms with E-state index in [2.05, 4.69) is 5.32 Å². The smallest absolute Gasteiger partial charge is 0.416 e. The lowest BCUT2D eigenvalue weighted by Gasteiger charge is -2.14. The molecule has 4 nitrogen and oxygen atoms in total. The average Bonchev–Trinajstić information content (AvgIpc) is 2.56. The van der Waals surface area contributed by atoms with Gasteiger partial charge < -0.3 is 10.1 Å². The highest BCUT2D eigenvalue weighted by molar-refractivity contribution is 6.33. The van der Waals surface area contributed by atoms with Gasteiger partial charge in [0.15, 0.2) is 6.10 Å². The lowest BCUT2D eigenvalue weighted by atomic mass is 10.1. The average molecular weight is 390 g/mol. The van der Waals surface area contributed by atoms with Crippen LogP contribution in [0.25, 0.3) is 0 Å². The minimum atomic E-state index is -4.52. The van der Waals surface area contributed by atoms with E-state index < -0.39 is 35.5 Å². The van der Waals surface area contributed by atoms with Crippen LogP contribution in [0.2, 0.25) is 5.02 Å². The van der Waals surface area contributed by atoms with Crippen LogP contribution in [0.4, 0.5) is 23.2 Å². The molecule has 0 saturated heterocycles. The summed E-state index contributed by atoms with van der Waals surface area (Å²) in [5, 5.41) is 2.32. The Morgan fingerprint density at radius 2 is 1.73 bits per heavy atom. The number of ether oxygens (including phenoxy) is 1. The van der Waals surface area contributed by atoms with E-state index in [9.17, 15) is 27.2 Å². The van der Waals surface area contributed by atoms with E-state index in [1.165, 1.54) is 13.0 Å². The van der Waals surface area contributed by atoms with Gasteiger partial charge in [-0.05, 0) is 49.4 Å². The van der Waals surface area contributed by atoms with E-state index in [4.69, 9.17) is 16.3 Å². The molecule has 0 saturated carbocycles. The zero-order valence-corrected chi connectivity index (χ0v) is 14.0. The molecule has 1 amide bonds. The number of amides is 1. The molecular weight excluding hydrogens is 378 g/mol. The predicted molar refractivity (Wildman–Crippen MR) is 86.4 cm³/mol. The fourth-order valence-corrected chi connectivity index (χ4v) is 2.12. The van der Waals surface area contributed by atoms with Gasteiger partial charge in [0, 0.05) is 0 Å². The van der Waals surface area contributed by atoms with Crippen molar-refractivity contribution in [2.45, 2.75) is 19.2 Å². The van der Waals surface area contributed by atoms with Crippen molar-refractivity contribution in [2.75, 3.05) is 5.32 Å². The number of rotatable bonds is 4. The Hall–Kier alpha value is -2.61. The number of carbonyl (C=O) groups excluding carboxylic acids is 2. The van der Waals surface area contributed by atoms with Crippen molar-refractivity contribution in [3.8, 4) is 0 Å². The Morgan fingerprint density at radius 3 is 2.27 bits per heavy atom. The first-order valence-corrected chi connectivity index (χ1v) is 7.60. The van der Waals surface area contributed by atoms with E-state index in [-0.39, 0.29) is 16.3 Å². The first-order valence-electron chi connectivity index (χ1n) is 7.22. The SMILES string of the molecule is C[C@H](OC(=O)c1ccc(C(F)(F)F)cc1)C(=O)Nc1ccc(F)cc1Cl. The van der Waals surface area contributed by atoms with Crippen LogP contribution in [0.3, 0.4) is 0 Å². The summed E-state index contributed by atoms with van der Waals surface area (Å²) >= 11 is 5.78. The van der Waals surface area contributed by atoms with Crippen LogP contribution >= 0.6 is 11.6 Å². The molecule has 0 unspecified atom stereocenters. The third-order valence-electron chi connectivity index (χ3n) is 3.29. The van der Waals surface area contributed by atoms with Crippen LogP contribution in [-0.4, -0.2) is 18.0 Å². The monoisotopic (exact) mass is 389 g/mol. The minimum Gasteiger partial charge on any atom is -0.449 e. The maximum atomic E-state index is 13.0. The van der Waals surface area contributed by atoms with E-state index in [1.54, 1.807) is 0 Å². The minimum absolute atomic E-state index is 0.0420. The molecule has 0 aromatic heterocycles. The first-order chi connectivity index (χ1) is 12.1. The molecule has 0 fully saturated rings. The number of alkyl halides is 3. The van der Waals surface area contributed by atoms with Crippen molar-refractivity contribution >= 4 is 29.2 Å². The highest BCUT2D eigenvalue weighted by atomic mass is 35.5. The van der Waals surface area contributed by atoms with Gasteiger partial charge in [0.25, 0.3) is 5.91 Å². The maximum Gasteiger partial charge on any atom is 0.416 e. The molecule has 138 valence electrons. The Bertz CT molecular complexity index is 822. The molecule has 0 aliphatic rings. The van der Waals surface area contributed by atoms with Gasteiger partial charge in [-0.3, -0.25) is 4.79 Å². The molecule has 0 aliphatic carbocycles. The van der Waals surface area contributed by atoms with Crippen LogP contribution < -0.4 is 5.32 Å². The Balaban J connectivity index is 2.00. The Kier molecular flexibility index (Phi) is 5.86. The summed E-state index contributed by atoms with van der Waals surface area (Å²) in [5.41, 5.74) is -0.932. The molecular formula is C17H12ClF4NO3. The third-order valence-corrected chi connectivity index (χ3v) is 3.60. The second-order valence-electron chi connectivity index (χ2n) is 5.24. The van der Waals surface area contributed by atoms with Crippen molar-refractivity contribution in [1.82, 2.24) is 0 Å². The second-order valence-corrected chi connectivity index (χ2v) is 5.64. The quantitative estimate of drug-likeness (QED) is 0.610. The topological polar surface area (TPSA) is 55.4 Å². The molecule has 0 radical (unpaired) electrons. The van der Waals surface area contributed by atoms with Gasteiger partial charge in [-0.1, -0.05) is 11.6 Å². The molecule has 26 heavy (non-hydrogen) atoms. The predicted octanol–water partition coefficient (Wildman–Crippen LogP) is 4.68. The van der Waals surface area contributed by atoms with Gasteiger partial charge in [0.2, 0.25) is 0 Å². The highest BCUT2D eigenvalue weighted by Crippen LogP contribution is 2.29. The third kappa shape index (κ3) is 4.95. The summed E-state index contributed by atoms with van der Waals surface area (Å²) in [6.45, 7) is 1.27. The van der Waals surface area contributed by atoms with Crippen molar-refractivity contribution in [1.29, 1.82) is 0 Å². The number of hydrogen-bond acceptors (Lipinski definition) is 3. The normalized spacial score (nSPS) is 12.4. The van der Waals surface area contributed by atoms with Gasteiger partial charge in [0.1, 0.15) is 5.82 Å². The number of carbonyl (C=O) groups is 2. The van der Waals surface area contributed by atoms with Crippen LogP contribution in [0.1, 0.15) is 22.8 Å². The number of benzene rings is 2. The molecule has 2 aromatic carbocycles. The number of anilines is 1. The molecule has 1 N–H and O–H groups in total.